The summed E-state index contributed by atoms with van der Waals surface area (Å²) >= 11 is 3.33. The van der Waals surface area contributed by atoms with Gasteiger partial charge in [-0.05, 0) is 18.2 Å². The second kappa shape index (κ2) is 7.63. The van der Waals surface area contributed by atoms with Gasteiger partial charge in [0, 0.05) is 23.1 Å². The summed E-state index contributed by atoms with van der Waals surface area (Å²) in [4.78, 5) is 9.74. The molecule has 0 radical (unpaired) electrons. The number of anilines is 1. The van der Waals surface area contributed by atoms with Gasteiger partial charge in [0.15, 0.2) is 11.6 Å². The van der Waals surface area contributed by atoms with Gasteiger partial charge in [0.05, 0.1) is 26.0 Å². The van der Waals surface area contributed by atoms with Crippen LogP contribution < -0.4 is 4.90 Å². The average Bonchev–Trinajstić information content (AvgIpc) is 2.60. The second-order valence-corrected chi connectivity index (χ2v) is 6.03. The second-order valence-electron chi connectivity index (χ2n) is 5.11. The first kappa shape index (κ1) is 16.7. The maximum atomic E-state index is 13.9. The molecule has 126 valence electrons. The number of phenolic OH excluding ortho intramolecular Hbond substituents is 1. The minimum Gasteiger partial charge on any atom is -0.508 e. The number of azo groups is 1. The van der Waals surface area contributed by atoms with Crippen molar-refractivity contribution in [2.45, 2.75) is 6.54 Å². The fraction of sp³-hybridized carbons (Fsp3) is 0.333. The van der Waals surface area contributed by atoms with Crippen molar-refractivity contribution in [3.8, 4) is 5.75 Å². The zero-order valence-corrected chi connectivity index (χ0v) is 14.3. The number of phenols is 1. The minimum atomic E-state index is -0.500. The summed E-state index contributed by atoms with van der Waals surface area (Å²) in [5, 5.41) is 17.7. The predicted octanol–water partition coefficient (Wildman–Crippen LogP) is 3.20. The van der Waals surface area contributed by atoms with E-state index in [1.807, 2.05) is 0 Å². The normalized spacial score (nSPS) is 15.2. The zero-order chi connectivity index (χ0) is 16.9. The van der Waals surface area contributed by atoms with Crippen LogP contribution in [0.3, 0.4) is 0 Å². The van der Waals surface area contributed by atoms with Crippen molar-refractivity contribution in [2.24, 2.45) is 10.2 Å². The molecule has 1 aliphatic heterocycles. The highest BCUT2D eigenvalue weighted by Gasteiger charge is 2.17. The Labute approximate surface area is 146 Å². The fourth-order valence-corrected chi connectivity index (χ4v) is 2.66. The molecule has 0 amide bonds. The molecule has 3 rings (SSSR count). The molecule has 2 heterocycles. The molecule has 1 aromatic carbocycles. The Balaban J connectivity index is 1.74. The maximum Gasteiger partial charge on any atom is 0.270 e. The maximum absolute atomic E-state index is 13.9. The molecule has 1 N–H and O–H groups in total. The van der Waals surface area contributed by atoms with E-state index in [0.717, 1.165) is 10.7 Å². The first-order valence-corrected chi connectivity index (χ1v) is 8.13. The number of nitrogens with zero attached hydrogens (tertiary/aromatic N) is 5. The lowest BCUT2D eigenvalue weighted by Gasteiger charge is -2.27. The molecule has 0 saturated carbocycles. The molecule has 7 nitrogen and oxygen atoms in total. The molecule has 0 spiro atoms. The molecule has 0 bridgehead atoms. The molecular formula is C15H15BrFN5O2. The summed E-state index contributed by atoms with van der Waals surface area (Å²) in [6, 6.07) is 5.05. The van der Waals surface area contributed by atoms with Crippen molar-refractivity contribution in [1.29, 1.82) is 0 Å². The van der Waals surface area contributed by atoms with Crippen LogP contribution in [-0.2, 0) is 11.3 Å². The van der Waals surface area contributed by atoms with E-state index in [-0.39, 0.29) is 24.1 Å². The first-order chi connectivity index (χ1) is 11.6. The van der Waals surface area contributed by atoms with E-state index in [2.05, 4.69) is 36.1 Å². The van der Waals surface area contributed by atoms with Gasteiger partial charge in [-0.25, -0.2) is 9.37 Å². The highest BCUT2D eigenvalue weighted by atomic mass is 79.9. The number of benzene rings is 1. The van der Waals surface area contributed by atoms with Crippen LogP contribution in [0.1, 0.15) is 5.56 Å². The van der Waals surface area contributed by atoms with E-state index >= 15 is 0 Å². The highest BCUT2D eigenvalue weighted by Crippen LogP contribution is 2.23. The van der Waals surface area contributed by atoms with Crippen molar-refractivity contribution in [3.05, 3.63) is 40.2 Å². The van der Waals surface area contributed by atoms with Crippen molar-refractivity contribution in [3.63, 3.8) is 0 Å². The van der Waals surface area contributed by atoms with E-state index in [1.165, 1.54) is 0 Å². The van der Waals surface area contributed by atoms with Gasteiger partial charge in [-0.2, -0.15) is 10.1 Å². The van der Waals surface area contributed by atoms with Gasteiger partial charge in [-0.3, -0.25) is 0 Å². The molecule has 1 aliphatic rings. The lowest BCUT2D eigenvalue weighted by Crippen LogP contribution is -2.37. The smallest absolute Gasteiger partial charge is 0.270 e. The number of hydrogen-bond acceptors (Lipinski definition) is 7. The van der Waals surface area contributed by atoms with Crippen molar-refractivity contribution in [2.75, 3.05) is 31.2 Å². The van der Waals surface area contributed by atoms with Crippen molar-refractivity contribution >= 4 is 27.7 Å². The number of rotatable bonds is 4. The monoisotopic (exact) mass is 395 g/mol. The number of morpholine rings is 1. The van der Waals surface area contributed by atoms with E-state index in [9.17, 15) is 9.50 Å². The predicted molar refractivity (Wildman–Crippen MR) is 89.0 cm³/mol. The third-order valence-electron chi connectivity index (χ3n) is 3.47. The third-order valence-corrected chi connectivity index (χ3v) is 3.96. The molecule has 2 aromatic rings. The van der Waals surface area contributed by atoms with Gasteiger partial charge < -0.3 is 14.7 Å². The van der Waals surface area contributed by atoms with Crippen molar-refractivity contribution < 1.29 is 14.2 Å². The number of ether oxygens (including phenoxy) is 1. The van der Waals surface area contributed by atoms with E-state index < -0.39 is 5.82 Å². The van der Waals surface area contributed by atoms with Gasteiger partial charge in [0.1, 0.15) is 5.75 Å². The largest absolute Gasteiger partial charge is 0.508 e. The summed E-state index contributed by atoms with van der Waals surface area (Å²) < 4.78 is 20.0. The molecule has 9 heteroatoms. The van der Waals surface area contributed by atoms with Crippen LogP contribution in [0.4, 0.5) is 16.2 Å². The zero-order valence-electron chi connectivity index (χ0n) is 12.7. The minimum absolute atomic E-state index is 0.0763. The summed E-state index contributed by atoms with van der Waals surface area (Å²) in [6.45, 7) is 2.36. The van der Waals surface area contributed by atoms with E-state index in [4.69, 9.17) is 4.74 Å². The van der Waals surface area contributed by atoms with Crippen LogP contribution in [0, 0.1) is 5.82 Å². The third kappa shape index (κ3) is 4.04. The van der Waals surface area contributed by atoms with Crippen LogP contribution in [0.25, 0.3) is 0 Å². The Morgan fingerprint density at radius 2 is 2.12 bits per heavy atom. The Morgan fingerprint density at radius 1 is 1.33 bits per heavy atom. The Kier molecular flexibility index (Phi) is 5.31. The lowest BCUT2D eigenvalue weighted by molar-refractivity contribution is 0.122. The quantitative estimate of drug-likeness (QED) is 0.803. The van der Waals surface area contributed by atoms with Gasteiger partial charge in [0.2, 0.25) is 0 Å². The Hall–Kier alpha value is -2.13. The van der Waals surface area contributed by atoms with Crippen LogP contribution in [0.2, 0.25) is 0 Å². The fourth-order valence-electron chi connectivity index (χ4n) is 2.25. The number of aromatic nitrogens is 2. The van der Waals surface area contributed by atoms with Gasteiger partial charge >= 0.3 is 0 Å². The summed E-state index contributed by atoms with van der Waals surface area (Å²) in [5.74, 6) is -0.0911. The first-order valence-electron chi connectivity index (χ1n) is 7.33. The number of halogens is 2. The molecule has 1 saturated heterocycles. The molecular weight excluding hydrogens is 381 g/mol. The number of hydrogen-bond donors (Lipinski definition) is 1. The molecule has 0 unspecified atom stereocenters. The molecule has 1 aromatic heterocycles. The van der Waals surface area contributed by atoms with Crippen LogP contribution in [0.5, 0.6) is 5.75 Å². The molecule has 0 atom stereocenters. The number of aromatic hydroxyl groups is 1. The van der Waals surface area contributed by atoms with E-state index in [0.29, 0.717) is 31.9 Å². The van der Waals surface area contributed by atoms with Gasteiger partial charge in [-0.1, -0.05) is 15.9 Å². The Bertz CT molecular complexity index is 753. The van der Waals surface area contributed by atoms with Crippen LogP contribution >= 0.6 is 15.9 Å². The van der Waals surface area contributed by atoms with Crippen LogP contribution in [0.15, 0.2) is 39.1 Å². The van der Waals surface area contributed by atoms with E-state index in [1.54, 1.807) is 23.1 Å². The lowest BCUT2D eigenvalue weighted by atomic mass is 10.2. The van der Waals surface area contributed by atoms with Crippen LogP contribution in [-0.4, -0.2) is 41.4 Å². The van der Waals surface area contributed by atoms with Gasteiger partial charge in [-0.15, -0.1) is 5.11 Å². The van der Waals surface area contributed by atoms with Crippen molar-refractivity contribution in [1.82, 2.24) is 9.97 Å². The highest BCUT2D eigenvalue weighted by molar-refractivity contribution is 9.10. The molecule has 0 aliphatic carbocycles. The molecule has 1 fully saturated rings. The summed E-state index contributed by atoms with van der Waals surface area (Å²) in [5.41, 5.74) is 0.614. The SMILES string of the molecule is Oc1ccc(Br)cc1CN=Nc1ncc(F)c(N2CCOCC2)n1. The topological polar surface area (TPSA) is 83.2 Å². The average molecular weight is 396 g/mol. The summed E-state index contributed by atoms with van der Waals surface area (Å²) in [6.07, 6.45) is 1.09. The standard InChI is InChI=1S/C15H15BrFN5O2/c16-11-1-2-13(23)10(7-11)8-19-21-15-18-9-12(17)14(20-15)22-3-5-24-6-4-22/h1-2,7,9,23H,3-6,8H2. The summed E-state index contributed by atoms with van der Waals surface area (Å²) in [7, 11) is 0. The molecule has 24 heavy (non-hydrogen) atoms. The Morgan fingerprint density at radius 3 is 2.92 bits per heavy atom. The van der Waals surface area contributed by atoms with Gasteiger partial charge in [0.25, 0.3) is 5.95 Å².